The second-order valence-corrected chi connectivity index (χ2v) is 7.97. The second-order valence-electron chi connectivity index (χ2n) is 7.97. The molecule has 0 aliphatic carbocycles. The van der Waals surface area contributed by atoms with Crippen LogP contribution in [0.4, 0.5) is 0 Å². The van der Waals surface area contributed by atoms with Crippen LogP contribution in [0.15, 0.2) is 79.3 Å². The van der Waals surface area contributed by atoms with Crippen molar-refractivity contribution in [3.05, 3.63) is 96.2 Å². The van der Waals surface area contributed by atoms with Gasteiger partial charge in [-0.25, -0.2) is 4.98 Å². The highest BCUT2D eigenvalue weighted by Gasteiger charge is 2.31. The van der Waals surface area contributed by atoms with E-state index < -0.39 is 0 Å². The number of benzene rings is 2. The van der Waals surface area contributed by atoms with E-state index in [-0.39, 0.29) is 11.9 Å². The Morgan fingerprint density at radius 3 is 2.58 bits per heavy atom. The normalized spacial score (nSPS) is 16.4. The summed E-state index contributed by atoms with van der Waals surface area (Å²) in [6.07, 6.45) is 8.38. The number of nitrogens with one attached hydrogen (secondary N) is 1. The van der Waals surface area contributed by atoms with Crippen molar-refractivity contribution in [2.75, 3.05) is 6.54 Å². The van der Waals surface area contributed by atoms with Gasteiger partial charge in [0, 0.05) is 12.7 Å². The summed E-state index contributed by atoms with van der Waals surface area (Å²) in [5.74, 6) is 0.866. The van der Waals surface area contributed by atoms with E-state index in [0.29, 0.717) is 12.1 Å². The maximum absolute atomic E-state index is 13.4. The minimum Gasteiger partial charge on any atom is -0.340 e. The fraction of sp³-hybridized carbons (Fsp3) is 0.240. The van der Waals surface area contributed by atoms with Crippen LogP contribution in [0, 0.1) is 0 Å². The van der Waals surface area contributed by atoms with Crippen molar-refractivity contribution in [1.82, 2.24) is 24.6 Å². The van der Waals surface area contributed by atoms with Crippen LogP contribution in [-0.2, 0) is 6.54 Å². The number of nitrogens with zero attached hydrogens (tertiary/aromatic N) is 4. The third kappa shape index (κ3) is 4.14. The molecule has 3 heterocycles. The number of carbonyl (C=O) groups excluding carboxylic acids is 1. The van der Waals surface area contributed by atoms with Crippen LogP contribution in [0.5, 0.6) is 0 Å². The van der Waals surface area contributed by atoms with Gasteiger partial charge in [0.05, 0.1) is 36.2 Å². The number of hydrogen-bond donors (Lipinski definition) is 1. The number of H-pyrrole nitrogens is 1. The maximum Gasteiger partial charge on any atom is 0.257 e. The van der Waals surface area contributed by atoms with Crippen LogP contribution in [-0.4, -0.2) is 37.1 Å². The fourth-order valence-corrected chi connectivity index (χ4v) is 4.23. The smallest absolute Gasteiger partial charge is 0.257 e. The molecule has 2 aromatic heterocycles. The molecule has 1 saturated heterocycles. The average Bonchev–Trinajstić information content (AvgIpc) is 3.50. The average molecular weight is 412 g/mol. The van der Waals surface area contributed by atoms with Gasteiger partial charge < -0.3 is 9.88 Å². The Hall–Kier alpha value is -3.67. The molecule has 2 aromatic carbocycles. The number of rotatable bonds is 5. The monoisotopic (exact) mass is 411 g/mol. The molecular weight excluding hydrogens is 386 g/mol. The Labute approximate surface area is 181 Å². The van der Waals surface area contributed by atoms with E-state index in [4.69, 9.17) is 0 Å². The molecule has 0 radical (unpaired) electrons. The Morgan fingerprint density at radius 1 is 1.00 bits per heavy atom. The molecule has 6 nitrogen and oxygen atoms in total. The van der Waals surface area contributed by atoms with Crippen LogP contribution in [0.1, 0.15) is 47.1 Å². The van der Waals surface area contributed by atoms with Crippen LogP contribution in [0.2, 0.25) is 0 Å². The fourth-order valence-electron chi connectivity index (χ4n) is 4.23. The zero-order valence-corrected chi connectivity index (χ0v) is 17.3. The van der Waals surface area contributed by atoms with Crippen molar-refractivity contribution >= 4 is 5.91 Å². The number of hydrogen-bond acceptors (Lipinski definition) is 3. The highest BCUT2D eigenvalue weighted by Crippen LogP contribution is 2.31. The zero-order chi connectivity index (χ0) is 21.0. The Bertz CT molecular complexity index is 1150. The van der Waals surface area contributed by atoms with Crippen molar-refractivity contribution in [3.8, 4) is 11.3 Å². The molecule has 0 unspecified atom stereocenters. The SMILES string of the molecule is O=C(c1cnn(Cc2ccccc2)c1)N1CCCC[C@@H]1c1ncc(-c2ccccc2)[nH]1. The molecule has 1 amide bonds. The Morgan fingerprint density at radius 2 is 1.77 bits per heavy atom. The van der Waals surface area contributed by atoms with Crippen molar-refractivity contribution < 1.29 is 4.79 Å². The lowest BCUT2D eigenvalue weighted by Crippen LogP contribution is -2.38. The molecule has 6 heteroatoms. The summed E-state index contributed by atoms with van der Waals surface area (Å²) in [4.78, 5) is 23.4. The molecule has 0 bridgehead atoms. The molecule has 1 N–H and O–H groups in total. The zero-order valence-electron chi connectivity index (χ0n) is 17.3. The van der Waals surface area contributed by atoms with Gasteiger partial charge in [-0.2, -0.15) is 5.10 Å². The topological polar surface area (TPSA) is 66.8 Å². The van der Waals surface area contributed by atoms with E-state index in [1.807, 2.05) is 58.4 Å². The first-order valence-electron chi connectivity index (χ1n) is 10.8. The van der Waals surface area contributed by atoms with Crippen LogP contribution in [0.3, 0.4) is 0 Å². The summed E-state index contributed by atoms with van der Waals surface area (Å²) in [5.41, 5.74) is 3.85. The van der Waals surface area contributed by atoms with Gasteiger partial charge in [-0.05, 0) is 30.4 Å². The van der Waals surface area contributed by atoms with Crippen LogP contribution < -0.4 is 0 Å². The summed E-state index contributed by atoms with van der Waals surface area (Å²) in [7, 11) is 0. The van der Waals surface area contributed by atoms with Crippen LogP contribution >= 0.6 is 0 Å². The molecule has 1 atom stereocenters. The minimum atomic E-state index is -0.0452. The van der Waals surface area contributed by atoms with Gasteiger partial charge in [-0.1, -0.05) is 60.7 Å². The van der Waals surface area contributed by atoms with Crippen molar-refractivity contribution in [2.24, 2.45) is 0 Å². The summed E-state index contributed by atoms with van der Waals surface area (Å²) in [6.45, 7) is 1.38. The predicted molar refractivity (Wildman–Crippen MR) is 119 cm³/mol. The standard InChI is InChI=1S/C25H25N5O/c31-25(21-15-27-29(18-21)17-19-9-3-1-4-10-19)30-14-8-7-13-23(30)24-26-16-22(28-24)20-11-5-2-6-12-20/h1-6,9-12,15-16,18,23H,7-8,13-14,17H2,(H,26,28)/t23-/m1/s1. The lowest BCUT2D eigenvalue weighted by atomic mass is 10.0. The summed E-state index contributed by atoms with van der Waals surface area (Å²) < 4.78 is 1.82. The van der Waals surface area contributed by atoms with E-state index in [0.717, 1.165) is 48.5 Å². The van der Waals surface area contributed by atoms with Gasteiger partial charge in [0.2, 0.25) is 0 Å². The molecule has 31 heavy (non-hydrogen) atoms. The summed E-state index contributed by atoms with van der Waals surface area (Å²) in [5, 5.41) is 4.41. The summed E-state index contributed by atoms with van der Waals surface area (Å²) in [6, 6.07) is 20.2. The number of carbonyl (C=O) groups is 1. The highest BCUT2D eigenvalue weighted by atomic mass is 16.2. The molecule has 156 valence electrons. The largest absolute Gasteiger partial charge is 0.340 e. The number of aromatic nitrogens is 4. The van der Waals surface area contributed by atoms with Gasteiger partial charge in [-0.3, -0.25) is 9.48 Å². The Kier molecular flexibility index (Phi) is 5.35. The van der Waals surface area contributed by atoms with Gasteiger partial charge in [0.1, 0.15) is 5.82 Å². The van der Waals surface area contributed by atoms with Crippen molar-refractivity contribution in [1.29, 1.82) is 0 Å². The third-order valence-corrected chi connectivity index (χ3v) is 5.83. The number of amides is 1. The lowest BCUT2D eigenvalue weighted by Gasteiger charge is -2.34. The molecule has 4 aromatic rings. The Balaban J connectivity index is 1.35. The maximum atomic E-state index is 13.4. The van der Waals surface area contributed by atoms with E-state index in [2.05, 4.69) is 39.3 Å². The second kappa shape index (κ2) is 8.60. The number of imidazole rings is 1. The lowest BCUT2D eigenvalue weighted by molar-refractivity contribution is 0.0601. The molecule has 1 aliphatic rings. The first kappa shape index (κ1) is 19.3. The third-order valence-electron chi connectivity index (χ3n) is 5.83. The number of aromatic amines is 1. The predicted octanol–water partition coefficient (Wildman–Crippen LogP) is 4.69. The molecular formula is C25H25N5O. The number of likely N-dealkylation sites (tertiary alicyclic amines) is 1. The van der Waals surface area contributed by atoms with E-state index in [9.17, 15) is 4.79 Å². The first-order chi connectivity index (χ1) is 15.3. The van der Waals surface area contributed by atoms with Gasteiger partial charge in [0.15, 0.2) is 0 Å². The van der Waals surface area contributed by atoms with Gasteiger partial charge in [0.25, 0.3) is 5.91 Å². The van der Waals surface area contributed by atoms with Crippen LogP contribution in [0.25, 0.3) is 11.3 Å². The first-order valence-corrected chi connectivity index (χ1v) is 10.8. The quantitative estimate of drug-likeness (QED) is 0.518. The molecule has 1 fully saturated rings. The molecule has 0 saturated carbocycles. The number of piperidine rings is 1. The van der Waals surface area contributed by atoms with E-state index in [1.165, 1.54) is 0 Å². The molecule has 0 spiro atoms. The highest BCUT2D eigenvalue weighted by molar-refractivity contribution is 5.94. The van der Waals surface area contributed by atoms with Crippen molar-refractivity contribution in [2.45, 2.75) is 31.8 Å². The van der Waals surface area contributed by atoms with E-state index >= 15 is 0 Å². The minimum absolute atomic E-state index is 0.0154. The van der Waals surface area contributed by atoms with Gasteiger partial charge >= 0.3 is 0 Å². The van der Waals surface area contributed by atoms with Crippen molar-refractivity contribution in [3.63, 3.8) is 0 Å². The van der Waals surface area contributed by atoms with Gasteiger partial charge in [-0.15, -0.1) is 0 Å². The summed E-state index contributed by atoms with van der Waals surface area (Å²) >= 11 is 0. The molecule has 1 aliphatic heterocycles. The van der Waals surface area contributed by atoms with E-state index in [1.54, 1.807) is 6.20 Å². The molecule has 5 rings (SSSR count).